The summed E-state index contributed by atoms with van der Waals surface area (Å²) in [5, 5.41) is 17.9. The maximum absolute atomic E-state index is 14.6. The second-order valence-electron chi connectivity index (χ2n) is 11.2. The van der Waals surface area contributed by atoms with E-state index in [0.29, 0.717) is 18.0 Å². The number of carbonyl (C=O) groups excluding carboxylic acids is 1. The molecule has 0 bridgehead atoms. The standard InChI is InChI=1S/C20H25F4N3O2.C7H13NOS/c1-11-5-6-13-16(7-11)27(12(2)19(3,4)28)26-18(13)14-8-17(25-9-15(14)21)29-10-20(22,23)24;1-7(8-6-9)2-4-10-5-3-7/h8-9,11-12,28H,5-7,10H2,1-4H3;6H,2-5H2,1H3,(H,8,9)/t11-,12+;/m1./s1. The number of rotatable bonds is 7. The summed E-state index contributed by atoms with van der Waals surface area (Å²) in [5.74, 6) is 1.76. The Bertz CT molecular complexity index is 1130. The first-order valence-corrected chi connectivity index (χ1v) is 14.3. The number of pyridine rings is 1. The fourth-order valence-corrected chi connectivity index (χ4v) is 5.98. The maximum atomic E-state index is 14.6. The highest BCUT2D eigenvalue weighted by Crippen LogP contribution is 2.38. The van der Waals surface area contributed by atoms with Gasteiger partial charge >= 0.3 is 6.18 Å². The van der Waals surface area contributed by atoms with Gasteiger partial charge in [0.2, 0.25) is 12.3 Å². The summed E-state index contributed by atoms with van der Waals surface area (Å²) in [5.41, 5.74) is 1.21. The Kier molecular flexibility index (Phi) is 9.96. The molecule has 1 aliphatic carbocycles. The molecule has 1 aliphatic heterocycles. The van der Waals surface area contributed by atoms with E-state index in [9.17, 15) is 27.5 Å². The van der Waals surface area contributed by atoms with Crippen LogP contribution in [0.5, 0.6) is 5.88 Å². The van der Waals surface area contributed by atoms with E-state index < -0.39 is 24.2 Å². The third-order valence-electron chi connectivity index (χ3n) is 7.41. The van der Waals surface area contributed by atoms with Crippen LogP contribution in [-0.2, 0) is 17.6 Å². The van der Waals surface area contributed by atoms with Gasteiger partial charge in [-0.1, -0.05) is 6.92 Å². The molecule has 39 heavy (non-hydrogen) atoms. The fraction of sp³-hybridized carbons (Fsp3) is 0.667. The molecule has 2 aliphatic rings. The van der Waals surface area contributed by atoms with E-state index in [0.717, 1.165) is 55.6 Å². The molecule has 0 radical (unpaired) electrons. The Hall–Kier alpha value is -2.34. The summed E-state index contributed by atoms with van der Waals surface area (Å²) in [7, 11) is 0. The van der Waals surface area contributed by atoms with E-state index in [2.05, 4.69) is 34.0 Å². The van der Waals surface area contributed by atoms with Crippen molar-refractivity contribution in [1.82, 2.24) is 20.1 Å². The lowest BCUT2D eigenvalue weighted by Gasteiger charge is -2.32. The van der Waals surface area contributed by atoms with Gasteiger partial charge in [-0.25, -0.2) is 9.37 Å². The molecule has 7 nitrogen and oxygen atoms in total. The van der Waals surface area contributed by atoms with E-state index in [-0.39, 0.29) is 23.0 Å². The molecule has 218 valence electrons. The number of halogens is 4. The third-order valence-corrected chi connectivity index (χ3v) is 8.40. The van der Waals surface area contributed by atoms with E-state index in [1.807, 2.05) is 18.7 Å². The predicted molar refractivity (Wildman–Crippen MR) is 143 cm³/mol. The van der Waals surface area contributed by atoms with Crippen molar-refractivity contribution >= 4 is 18.2 Å². The number of hydrogen-bond donors (Lipinski definition) is 2. The highest BCUT2D eigenvalue weighted by atomic mass is 32.2. The molecule has 0 unspecified atom stereocenters. The lowest BCUT2D eigenvalue weighted by molar-refractivity contribution is -0.154. The lowest BCUT2D eigenvalue weighted by Crippen LogP contribution is -2.44. The van der Waals surface area contributed by atoms with E-state index in [4.69, 9.17) is 0 Å². The van der Waals surface area contributed by atoms with Gasteiger partial charge in [0.25, 0.3) is 0 Å². The van der Waals surface area contributed by atoms with Gasteiger partial charge in [-0.05, 0) is 77.2 Å². The number of ether oxygens (including phenoxy) is 1. The van der Waals surface area contributed by atoms with Gasteiger partial charge in [0.15, 0.2) is 12.4 Å². The van der Waals surface area contributed by atoms with Crippen LogP contribution in [0.25, 0.3) is 11.3 Å². The van der Waals surface area contributed by atoms with Crippen molar-refractivity contribution in [3.8, 4) is 17.1 Å². The van der Waals surface area contributed by atoms with Crippen molar-refractivity contribution in [3.63, 3.8) is 0 Å². The molecule has 0 saturated carbocycles. The second-order valence-corrected chi connectivity index (χ2v) is 12.5. The molecule has 0 aromatic carbocycles. The number of thioether (sulfide) groups is 1. The van der Waals surface area contributed by atoms with Crippen molar-refractivity contribution in [3.05, 3.63) is 29.3 Å². The second kappa shape index (κ2) is 12.4. The summed E-state index contributed by atoms with van der Waals surface area (Å²) in [6.45, 7) is 7.90. The Labute approximate surface area is 231 Å². The molecule has 3 heterocycles. The van der Waals surface area contributed by atoms with Gasteiger partial charge in [-0.3, -0.25) is 9.48 Å². The molecular formula is C27H38F4N4O3S. The topological polar surface area (TPSA) is 89.3 Å². The van der Waals surface area contributed by atoms with Crippen LogP contribution < -0.4 is 10.1 Å². The molecule has 2 N–H and O–H groups in total. The lowest BCUT2D eigenvalue weighted by atomic mass is 9.86. The van der Waals surface area contributed by atoms with Crippen LogP contribution >= 0.6 is 11.8 Å². The Morgan fingerprint density at radius 2 is 2.00 bits per heavy atom. The fourth-order valence-electron chi connectivity index (χ4n) is 4.59. The maximum Gasteiger partial charge on any atom is 0.422 e. The number of amides is 1. The number of fused-ring (bicyclic) bond motifs is 1. The van der Waals surface area contributed by atoms with Gasteiger partial charge in [-0.15, -0.1) is 0 Å². The Morgan fingerprint density at radius 3 is 2.59 bits per heavy atom. The van der Waals surface area contributed by atoms with Crippen molar-refractivity contribution in [2.75, 3.05) is 18.1 Å². The van der Waals surface area contributed by atoms with Gasteiger partial charge in [0.1, 0.15) is 0 Å². The summed E-state index contributed by atoms with van der Waals surface area (Å²) in [6, 6.07) is 0.780. The minimum atomic E-state index is -4.52. The summed E-state index contributed by atoms with van der Waals surface area (Å²) >= 11 is 1.97. The number of carbonyl (C=O) groups is 1. The van der Waals surface area contributed by atoms with Crippen molar-refractivity contribution in [2.45, 2.75) is 90.1 Å². The zero-order valence-electron chi connectivity index (χ0n) is 23.1. The molecule has 0 spiro atoms. The third kappa shape index (κ3) is 8.33. The van der Waals surface area contributed by atoms with E-state index >= 15 is 0 Å². The van der Waals surface area contributed by atoms with Gasteiger partial charge in [0, 0.05) is 28.4 Å². The number of hydrogen-bond acceptors (Lipinski definition) is 6. The van der Waals surface area contributed by atoms with E-state index in [1.54, 1.807) is 18.5 Å². The normalized spacial score (nSPS) is 19.8. The molecule has 12 heteroatoms. The first kappa shape index (κ1) is 31.2. The molecule has 1 fully saturated rings. The average Bonchev–Trinajstić information content (AvgIpc) is 3.21. The summed E-state index contributed by atoms with van der Waals surface area (Å²) < 4.78 is 58.3. The van der Waals surface area contributed by atoms with Crippen molar-refractivity contribution in [2.24, 2.45) is 5.92 Å². The summed E-state index contributed by atoms with van der Waals surface area (Å²) in [4.78, 5) is 13.8. The molecular weight excluding hydrogens is 536 g/mol. The quantitative estimate of drug-likeness (QED) is 0.335. The van der Waals surface area contributed by atoms with Crippen LogP contribution in [0.4, 0.5) is 17.6 Å². The van der Waals surface area contributed by atoms with Crippen LogP contribution in [0.3, 0.4) is 0 Å². The van der Waals surface area contributed by atoms with Crippen LogP contribution in [0.15, 0.2) is 12.3 Å². The van der Waals surface area contributed by atoms with Crippen LogP contribution in [0.2, 0.25) is 0 Å². The van der Waals surface area contributed by atoms with Gasteiger partial charge < -0.3 is 15.2 Å². The van der Waals surface area contributed by atoms with E-state index in [1.165, 1.54) is 11.5 Å². The monoisotopic (exact) mass is 574 g/mol. The van der Waals surface area contributed by atoms with Crippen molar-refractivity contribution in [1.29, 1.82) is 0 Å². The van der Waals surface area contributed by atoms with Gasteiger partial charge in [0.05, 0.1) is 23.5 Å². The van der Waals surface area contributed by atoms with Gasteiger partial charge in [-0.2, -0.15) is 30.0 Å². The number of nitrogens with zero attached hydrogens (tertiary/aromatic N) is 3. The molecule has 1 amide bonds. The summed E-state index contributed by atoms with van der Waals surface area (Å²) in [6.07, 6.45) is 1.65. The zero-order valence-corrected chi connectivity index (χ0v) is 23.9. The van der Waals surface area contributed by atoms with Crippen LogP contribution in [0, 0.1) is 11.7 Å². The van der Waals surface area contributed by atoms with Crippen LogP contribution in [0.1, 0.15) is 71.2 Å². The SMILES string of the molecule is CC1(NC=O)CCSCC1.C[C@@H]1CCc2c(-c3cc(OCC(F)(F)F)ncc3F)nn([C@@H](C)C(C)(C)O)c2C1. The highest BCUT2D eigenvalue weighted by molar-refractivity contribution is 7.99. The molecule has 2 aromatic heterocycles. The molecule has 4 rings (SSSR count). The first-order valence-electron chi connectivity index (χ1n) is 13.1. The number of aromatic nitrogens is 3. The average molecular weight is 575 g/mol. The zero-order chi connectivity index (χ0) is 29.0. The molecule has 2 atom stereocenters. The smallest absolute Gasteiger partial charge is 0.422 e. The minimum absolute atomic E-state index is 0.0460. The predicted octanol–water partition coefficient (Wildman–Crippen LogP) is 5.50. The highest BCUT2D eigenvalue weighted by Gasteiger charge is 2.33. The first-order chi connectivity index (χ1) is 18.1. The van der Waals surface area contributed by atoms with Crippen LogP contribution in [-0.4, -0.2) is 61.7 Å². The Balaban J connectivity index is 0.000000353. The number of nitrogens with one attached hydrogen (secondary N) is 1. The molecule has 1 saturated heterocycles. The number of alkyl halides is 3. The largest absolute Gasteiger partial charge is 0.468 e. The molecule has 2 aromatic rings. The van der Waals surface area contributed by atoms with Crippen molar-refractivity contribution < 1.29 is 32.2 Å². The Morgan fingerprint density at radius 1 is 1.33 bits per heavy atom. The minimum Gasteiger partial charge on any atom is -0.468 e. The number of aliphatic hydroxyl groups is 1.